The Balaban J connectivity index is 2.01. The Hall–Kier alpha value is -0.370. The lowest BCUT2D eigenvalue weighted by atomic mass is 10.2. The van der Waals surface area contributed by atoms with Gasteiger partial charge in [-0.05, 0) is 6.92 Å². The van der Waals surface area contributed by atoms with E-state index in [0.29, 0.717) is 11.7 Å². The molecule has 62 valence electrons. The molecule has 0 aromatic carbocycles. The van der Waals surface area contributed by atoms with E-state index >= 15 is 0 Å². The van der Waals surface area contributed by atoms with Crippen LogP contribution in [0.25, 0.3) is 0 Å². The minimum absolute atomic E-state index is 0.416. The summed E-state index contributed by atoms with van der Waals surface area (Å²) in [6, 6.07) is 0. The second-order valence-electron chi connectivity index (χ2n) is 4.77. The van der Waals surface area contributed by atoms with Gasteiger partial charge in [-0.15, -0.1) is 0 Å². The predicted molar refractivity (Wildman–Crippen MR) is 43.0 cm³/mol. The number of hydrogen-bond donors (Lipinski definition) is 0. The van der Waals surface area contributed by atoms with Crippen LogP contribution in [0.3, 0.4) is 0 Å². The van der Waals surface area contributed by atoms with Crippen molar-refractivity contribution in [3.05, 3.63) is 0 Å². The quantitative estimate of drug-likeness (QED) is 0.503. The van der Waals surface area contributed by atoms with Crippen LogP contribution in [-0.2, 0) is 4.79 Å². The lowest BCUT2D eigenvalue weighted by molar-refractivity contribution is -0.883. The number of Topliss-reactive ketones (excluding diaryl/α,β-unsaturated/α-hetero) is 1. The van der Waals surface area contributed by atoms with Gasteiger partial charge in [0.15, 0.2) is 0 Å². The summed E-state index contributed by atoms with van der Waals surface area (Å²) < 4.78 is 1.12. The van der Waals surface area contributed by atoms with Crippen LogP contribution >= 0.6 is 0 Å². The number of fused-ring (bicyclic) bond motifs is 1. The van der Waals surface area contributed by atoms with Crippen molar-refractivity contribution in [3.8, 4) is 0 Å². The normalized spacial score (nSPS) is 45.2. The monoisotopic (exact) mass is 154 g/mol. The van der Waals surface area contributed by atoms with Crippen molar-refractivity contribution in [2.45, 2.75) is 6.92 Å². The lowest BCUT2D eigenvalue weighted by Gasteiger charge is -2.26. The molecule has 1 aliphatic carbocycles. The molecule has 0 bridgehead atoms. The van der Waals surface area contributed by atoms with Gasteiger partial charge in [-0.25, -0.2) is 0 Å². The molecule has 2 fully saturated rings. The van der Waals surface area contributed by atoms with E-state index in [1.807, 2.05) is 0 Å². The number of hydrogen-bond acceptors (Lipinski definition) is 1. The van der Waals surface area contributed by atoms with Gasteiger partial charge in [-0.3, -0.25) is 4.79 Å². The molecule has 1 saturated heterocycles. The molecule has 11 heavy (non-hydrogen) atoms. The highest BCUT2D eigenvalue weighted by Gasteiger charge is 2.62. The molecule has 2 aliphatic rings. The predicted octanol–water partition coefficient (Wildman–Crippen LogP) is 0.528. The van der Waals surface area contributed by atoms with Crippen molar-refractivity contribution in [3.63, 3.8) is 0 Å². The average Bonchev–Trinajstić information content (AvgIpc) is 2.31. The number of likely N-dealkylation sites (tertiary alicyclic amines) is 1. The molecule has 2 heteroatoms. The van der Waals surface area contributed by atoms with Crippen LogP contribution in [-0.4, -0.2) is 37.5 Å². The third kappa shape index (κ3) is 1.00. The minimum atomic E-state index is 0.416. The first-order chi connectivity index (χ1) is 5.01. The average molecular weight is 154 g/mol. The van der Waals surface area contributed by atoms with Gasteiger partial charge in [-0.2, -0.15) is 0 Å². The summed E-state index contributed by atoms with van der Waals surface area (Å²) in [5.41, 5.74) is 0. The van der Waals surface area contributed by atoms with Crippen molar-refractivity contribution in [2.24, 2.45) is 17.8 Å². The molecule has 2 nitrogen and oxygen atoms in total. The van der Waals surface area contributed by atoms with Crippen molar-refractivity contribution in [1.29, 1.82) is 0 Å². The SMILES string of the molecule is CC(=O)C1[C@@H]2C[N+](C)(C)C[C@@H]12. The van der Waals surface area contributed by atoms with Crippen molar-refractivity contribution >= 4 is 5.78 Å². The highest BCUT2D eigenvalue weighted by molar-refractivity contribution is 5.82. The molecule has 0 spiro atoms. The van der Waals surface area contributed by atoms with E-state index in [4.69, 9.17) is 0 Å². The van der Waals surface area contributed by atoms with E-state index in [0.717, 1.165) is 16.3 Å². The van der Waals surface area contributed by atoms with E-state index in [1.165, 1.54) is 13.1 Å². The summed E-state index contributed by atoms with van der Waals surface area (Å²) in [6.45, 7) is 4.17. The fourth-order valence-electron chi connectivity index (χ4n) is 2.76. The summed E-state index contributed by atoms with van der Waals surface area (Å²) in [7, 11) is 4.51. The molecule has 1 saturated carbocycles. The maximum atomic E-state index is 11.0. The second kappa shape index (κ2) is 1.86. The Morgan fingerprint density at radius 1 is 1.27 bits per heavy atom. The van der Waals surface area contributed by atoms with E-state index < -0.39 is 0 Å². The Morgan fingerprint density at radius 2 is 1.73 bits per heavy atom. The number of quaternary nitrogens is 1. The highest BCUT2D eigenvalue weighted by atomic mass is 16.1. The highest BCUT2D eigenvalue weighted by Crippen LogP contribution is 2.53. The van der Waals surface area contributed by atoms with Gasteiger partial charge in [-0.1, -0.05) is 0 Å². The summed E-state index contributed by atoms with van der Waals surface area (Å²) in [5, 5.41) is 0. The number of nitrogens with zero attached hydrogens (tertiary/aromatic N) is 1. The fraction of sp³-hybridized carbons (Fsp3) is 0.889. The van der Waals surface area contributed by atoms with Crippen molar-refractivity contribution in [1.82, 2.24) is 0 Å². The topological polar surface area (TPSA) is 17.1 Å². The molecule has 0 aromatic rings. The van der Waals surface area contributed by atoms with Gasteiger partial charge in [0.2, 0.25) is 0 Å². The van der Waals surface area contributed by atoms with Gasteiger partial charge in [0.05, 0.1) is 27.2 Å². The van der Waals surface area contributed by atoms with Crippen LogP contribution in [0.5, 0.6) is 0 Å². The third-order valence-corrected chi connectivity index (χ3v) is 3.21. The third-order valence-electron chi connectivity index (χ3n) is 3.21. The van der Waals surface area contributed by atoms with Crippen LogP contribution in [0.15, 0.2) is 0 Å². The van der Waals surface area contributed by atoms with Crippen molar-refractivity contribution in [2.75, 3.05) is 27.2 Å². The molecule has 1 heterocycles. The molecule has 0 amide bonds. The summed E-state index contributed by atoms with van der Waals surface area (Å²) in [5.74, 6) is 2.34. The first-order valence-electron chi connectivity index (χ1n) is 4.34. The van der Waals surface area contributed by atoms with Gasteiger partial charge in [0, 0.05) is 17.8 Å². The van der Waals surface area contributed by atoms with Gasteiger partial charge in [0.25, 0.3) is 0 Å². The van der Waals surface area contributed by atoms with Crippen LogP contribution in [0.2, 0.25) is 0 Å². The molecule has 0 N–H and O–H groups in total. The smallest absolute Gasteiger partial charge is 0.133 e. The minimum Gasteiger partial charge on any atom is -0.328 e. The molecule has 0 radical (unpaired) electrons. The van der Waals surface area contributed by atoms with Crippen LogP contribution in [0.4, 0.5) is 0 Å². The van der Waals surface area contributed by atoms with E-state index in [1.54, 1.807) is 6.92 Å². The number of rotatable bonds is 1. The largest absolute Gasteiger partial charge is 0.328 e. The van der Waals surface area contributed by atoms with Crippen LogP contribution in [0, 0.1) is 17.8 Å². The Morgan fingerprint density at radius 3 is 2.09 bits per heavy atom. The zero-order valence-corrected chi connectivity index (χ0v) is 7.50. The standard InChI is InChI=1S/C9H16NO/c1-6(11)9-7-4-10(2,3)5-8(7)9/h7-9H,4-5H2,1-3H3/q+1/t7-,8-/m1/s1. The van der Waals surface area contributed by atoms with Gasteiger partial charge < -0.3 is 4.48 Å². The molecular weight excluding hydrogens is 138 g/mol. The Labute approximate surface area is 67.8 Å². The molecule has 0 unspecified atom stereocenters. The van der Waals surface area contributed by atoms with E-state index in [9.17, 15) is 4.79 Å². The zero-order valence-electron chi connectivity index (χ0n) is 7.50. The zero-order chi connectivity index (χ0) is 8.22. The summed E-state index contributed by atoms with van der Waals surface area (Å²) >= 11 is 0. The molecule has 2 atom stereocenters. The second-order valence-corrected chi connectivity index (χ2v) is 4.77. The van der Waals surface area contributed by atoms with Crippen molar-refractivity contribution < 1.29 is 9.28 Å². The van der Waals surface area contributed by atoms with Gasteiger partial charge in [0.1, 0.15) is 5.78 Å². The first kappa shape index (κ1) is 7.29. The molecule has 2 rings (SSSR count). The number of piperidine rings is 1. The fourth-order valence-corrected chi connectivity index (χ4v) is 2.76. The first-order valence-corrected chi connectivity index (χ1v) is 4.34. The summed E-state index contributed by atoms with van der Waals surface area (Å²) in [6.07, 6.45) is 0. The maximum Gasteiger partial charge on any atom is 0.133 e. The Bertz CT molecular complexity index is 196. The lowest BCUT2D eigenvalue weighted by Crippen LogP contribution is -2.40. The number of carbonyl (C=O) groups excluding carboxylic acids is 1. The number of ketones is 1. The molecular formula is C9H16NO+. The Kier molecular flexibility index (Phi) is 1.23. The van der Waals surface area contributed by atoms with E-state index in [2.05, 4.69) is 14.1 Å². The maximum absolute atomic E-state index is 11.0. The molecule has 1 aliphatic heterocycles. The van der Waals surface area contributed by atoms with Gasteiger partial charge >= 0.3 is 0 Å². The molecule has 0 aromatic heterocycles. The van der Waals surface area contributed by atoms with Crippen LogP contribution in [0.1, 0.15) is 6.92 Å². The van der Waals surface area contributed by atoms with Crippen LogP contribution < -0.4 is 0 Å². The summed E-state index contributed by atoms with van der Waals surface area (Å²) in [4.78, 5) is 11.0. The van der Waals surface area contributed by atoms with E-state index in [-0.39, 0.29) is 0 Å². The number of carbonyl (C=O) groups is 1.